The molecule has 0 aromatic rings. The van der Waals surface area contributed by atoms with Crippen LogP contribution in [0.15, 0.2) is 0 Å². The maximum Gasteiger partial charge on any atom is 0.154 e. The van der Waals surface area contributed by atoms with Gasteiger partial charge in [0.15, 0.2) is 9.84 Å². The van der Waals surface area contributed by atoms with Gasteiger partial charge in [-0.3, -0.25) is 0 Å². The average Bonchev–Trinajstić information content (AvgIpc) is 2.46. The Kier molecular flexibility index (Phi) is 7.14. The van der Waals surface area contributed by atoms with Crippen LogP contribution in [0.25, 0.3) is 0 Å². The van der Waals surface area contributed by atoms with E-state index in [-0.39, 0.29) is 22.5 Å². The summed E-state index contributed by atoms with van der Waals surface area (Å²) in [6, 6.07) is 0.0986. The van der Waals surface area contributed by atoms with Crippen molar-refractivity contribution >= 4 is 9.84 Å². The third-order valence-electron chi connectivity index (χ3n) is 5.42. The molecule has 0 aliphatic heterocycles. The van der Waals surface area contributed by atoms with Crippen LogP contribution in [0.1, 0.15) is 52.9 Å². The van der Waals surface area contributed by atoms with Gasteiger partial charge >= 0.3 is 0 Å². The molecular formula is C16H33NO3S. The van der Waals surface area contributed by atoms with Crippen LogP contribution in [-0.4, -0.2) is 46.2 Å². The molecule has 0 heterocycles. The van der Waals surface area contributed by atoms with Crippen LogP contribution in [0.4, 0.5) is 0 Å². The van der Waals surface area contributed by atoms with Crippen LogP contribution in [0.3, 0.4) is 0 Å². The zero-order valence-electron chi connectivity index (χ0n) is 14.3. The van der Waals surface area contributed by atoms with Crippen molar-refractivity contribution in [3.8, 4) is 0 Å². The van der Waals surface area contributed by atoms with E-state index in [1.165, 1.54) is 0 Å². The van der Waals surface area contributed by atoms with E-state index in [1.807, 2.05) is 7.05 Å². The van der Waals surface area contributed by atoms with Gasteiger partial charge < -0.3 is 10.1 Å². The molecule has 4 nitrogen and oxygen atoms in total. The molecule has 0 saturated heterocycles. The molecule has 3 unspecified atom stereocenters. The van der Waals surface area contributed by atoms with E-state index >= 15 is 0 Å². The summed E-state index contributed by atoms with van der Waals surface area (Å²) >= 11 is 0. The SMILES string of the molecule is CCC(C)(C)C1CCC(NC)C(S(=O)(=O)CCCOC)C1. The highest BCUT2D eigenvalue weighted by molar-refractivity contribution is 7.92. The zero-order valence-corrected chi connectivity index (χ0v) is 15.1. The molecule has 126 valence electrons. The van der Waals surface area contributed by atoms with Crippen LogP contribution in [0.2, 0.25) is 0 Å². The second-order valence-corrected chi connectivity index (χ2v) is 9.34. The predicted molar refractivity (Wildman–Crippen MR) is 88.3 cm³/mol. The molecule has 3 atom stereocenters. The predicted octanol–water partition coefficient (Wildman–Crippen LogP) is 2.63. The van der Waals surface area contributed by atoms with E-state index in [1.54, 1.807) is 7.11 Å². The summed E-state index contributed by atoms with van der Waals surface area (Å²) in [7, 11) is 0.436. The molecule has 0 amide bonds. The molecule has 5 heteroatoms. The van der Waals surface area contributed by atoms with Gasteiger partial charge in [-0.1, -0.05) is 27.2 Å². The molecule has 0 radical (unpaired) electrons. The second-order valence-electron chi connectivity index (χ2n) is 7.00. The monoisotopic (exact) mass is 319 g/mol. The molecule has 1 aliphatic rings. The summed E-state index contributed by atoms with van der Waals surface area (Å²) in [5.41, 5.74) is 0.221. The van der Waals surface area contributed by atoms with Crippen molar-refractivity contribution in [2.45, 2.75) is 64.2 Å². The number of methoxy groups -OCH3 is 1. The fourth-order valence-corrected chi connectivity index (χ4v) is 5.53. The molecule has 0 aromatic heterocycles. The lowest BCUT2D eigenvalue weighted by molar-refractivity contribution is 0.140. The number of hydrogen-bond acceptors (Lipinski definition) is 4. The van der Waals surface area contributed by atoms with Crippen molar-refractivity contribution in [2.24, 2.45) is 11.3 Å². The molecule has 0 bridgehead atoms. The number of rotatable bonds is 8. The van der Waals surface area contributed by atoms with Crippen molar-refractivity contribution in [1.29, 1.82) is 0 Å². The maximum absolute atomic E-state index is 12.7. The van der Waals surface area contributed by atoms with Gasteiger partial charge in [-0.05, 0) is 44.1 Å². The van der Waals surface area contributed by atoms with Crippen LogP contribution >= 0.6 is 0 Å². The zero-order chi connectivity index (χ0) is 16.1. The average molecular weight is 320 g/mol. The summed E-state index contributed by atoms with van der Waals surface area (Å²) in [5.74, 6) is 0.734. The third-order valence-corrected chi connectivity index (χ3v) is 7.72. The smallest absolute Gasteiger partial charge is 0.154 e. The lowest BCUT2D eigenvalue weighted by Gasteiger charge is -2.42. The van der Waals surface area contributed by atoms with Crippen LogP contribution in [0.5, 0.6) is 0 Å². The Labute approximate surface area is 130 Å². The van der Waals surface area contributed by atoms with Gasteiger partial charge in [-0.15, -0.1) is 0 Å². The first-order chi connectivity index (χ1) is 9.78. The molecule has 21 heavy (non-hydrogen) atoms. The van der Waals surface area contributed by atoms with Gasteiger partial charge in [0, 0.05) is 19.8 Å². The molecular weight excluding hydrogens is 286 g/mol. The molecule has 1 rings (SSSR count). The van der Waals surface area contributed by atoms with Crippen molar-refractivity contribution in [3.05, 3.63) is 0 Å². The van der Waals surface area contributed by atoms with E-state index in [0.29, 0.717) is 18.9 Å². The summed E-state index contributed by atoms with van der Waals surface area (Å²) in [6.45, 7) is 7.25. The first kappa shape index (κ1) is 18.9. The minimum absolute atomic E-state index is 0.0986. The maximum atomic E-state index is 12.7. The highest BCUT2D eigenvalue weighted by Gasteiger charge is 2.42. The second kappa shape index (κ2) is 7.93. The van der Waals surface area contributed by atoms with Gasteiger partial charge in [0.1, 0.15) is 0 Å². The van der Waals surface area contributed by atoms with Crippen LogP contribution in [0, 0.1) is 11.3 Å². The molecule has 1 fully saturated rings. The summed E-state index contributed by atoms with van der Waals surface area (Å²) in [5, 5.41) is 2.98. The van der Waals surface area contributed by atoms with E-state index in [9.17, 15) is 8.42 Å². The van der Waals surface area contributed by atoms with E-state index in [4.69, 9.17) is 4.74 Å². The Morgan fingerprint density at radius 2 is 1.95 bits per heavy atom. The van der Waals surface area contributed by atoms with E-state index < -0.39 is 9.84 Å². The van der Waals surface area contributed by atoms with Gasteiger partial charge in [-0.25, -0.2) is 8.42 Å². The lowest BCUT2D eigenvalue weighted by atomic mass is 9.68. The Bertz CT molecular complexity index is 406. The highest BCUT2D eigenvalue weighted by atomic mass is 32.2. The Morgan fingerprint density at radius 1 is 1.29 bits per heavy atom. The number of hydrogen-bond donors (Lipinski definition) is 1. The van der Waals surface area contributed by atoms with Crippen LogP contribution < -0.4 is 5.32 Å². The molecule has 1 N–H and O–H groups in total. The summed E-state index contributed by atoms with van der Waals surface area (Å²) in [4.78, 5) is 0. The third kappa shape index (κ3) is 4.93. The first-order valence-corrected chi connectivity index (χ1v) is 9.87. The van der Waals surface area contributed by atoms with E-state index in [2.05, 4.69) is 26.1 Å². The van der Waals surface area contributed by atoms with Gasteiger partial charge in [0.2, 0.25) is 0 Å². The molecule has 0 spiro atoms. The standard InChI is InChI=1S/C16H33NO3S/c1-6-16(2,3)13-8-9-14(17-4)15(12-13)21(18,19)11-7-10-20-5/h13-15,17H,6-12H2,1-5H3. The summed E-state index contributed by atoms with van der Waals surface area (Å²) < 4.78 is 30.4. The van der Waals surface area contributed by atoms with Crippen molar-refractivity contribution in [2.75, 3.05) is 26.5 Å². The molecule has 1 saturated carbocycles. The fourth-order valence-electron chi connectivity index (χ4n) is 3.41. The van der Waals surface area contributed by atoms with Crippen LogP contribution in [-0.2, 0) is 14.6 Å². The fraction of sp³-hybridized carbons (Fsp3) is 1.00. The quantitative estimate of drug-likeness (QED) is 0.699. The highest BCUT2D eigenvalue weighted by Crippen LogP contribution is 2.42. The topological polar surface area (TPSA) is 55.4 Å². The lowest BCUT2D eigenvalue weighted by Crippen LogP contribution is -2.49. The number of nitrogens with one attached hydrogen (secondary N) is 1. The Hall–Kier alpha value is -0.130. The van der Waals surface area contributed by atoms with Crippen molar-refractivity contribution < 1.29 is 13.2 Å². The minimum Gasteiger partial charge on any atom is -0.385 e. The Morgan fingerprint density at radius 3 is 2.48 bits per heavy atom. The minimum atomic E-state index is -3.06. The number of ether oxygens (including phenoxy) is 1. The van der Waals surface area contributed by atoms with Gasteiger partial charge in [0.05, 0.1) is 11.0 Å². The normalized spacial score (nSPS) is 27.8. The van der Waals surface area contributed by atoms with Gasteiger partial charge in [0.25, 0.3) is 0 Å². The van der Waals surface area contributed by atoms with E-state index in [0.717, 1.165) is 25.7 Å². The van der Waals surface area contributed by atoms with Gasteiger partial charge in [-0.2, -0.15) is 0 Å². The van der Waals surface area contributed by atoms with Crippen molar-refractivity contribution in [3.63, 3.8) is 0 Å². The Balaban J connectivity index is 2.83. The first-order valence-electron chi connectivity index (χ1n) is 8.16. The molecule has 0 aromatic carbocycles. The largest absolute Gasteiger partial charge is 0.385 e. The molecule has 1 aliphatic carbocycles. The summed E-state index contributed by atoms with van der Waals surface area (Å²) in [6.07, 6.45) is 4.56. The number of sulfone groups is 1. The van der Waals surface area contributed by atoms with Crippen molar-refractivity contribution in [1.82, 2.24) is 5.32 Å².